The summed E-state index contributed by atoms with van der Waals surface area (Å²) in [5.41, 5.74) is 7.71. The van der Waals surface area contributed by atoms with E-state index < -0.39 is 30.3 Å². The average molecular weight is 620 g/mol. The molecule has 2 amide bonds. The Balaban J connectivity index is 2.35. The maximum atomic E-state index is 12.8. The molecule has 246 valence electrons. The lowest BCUT2D eigenvalue weighted by Gasteiger charge is -2.39. The fourth-order valence-corrected chi connectivity index (χ4v) is 5.76. The molecule has 0 bridgehead atoms. The highest BCUT2D eigenvalue weighted by atomic mass is 16.5. The van der Waals surface area contributed by atoms with E-state index in [1.807, 2.05) is 45.1 Å². The second kappa shape index (κ2) is 18.3. The summed E-state index contributed by atoms with van der Waals surface area (Å²) in [5.74, 6) is 1.01. The van der Waals surface area contributed by atoms with Gasteiger partial charge in [-0.15, -0.1) is 12.3 Å². The number of aliphatic hydroxyl groups excluding tert-OH is 1. The van der Waals surface area contributed by atoms with Crippen molar-refractivity contribution in [3.8, 4) is 12.3 Å². The average Bonchev–Trinajstić information content (AvgIpc) is 2.97. The number of esters is 1. The van der Waals surface area contributed by atoms with Gasteiger partial charge in [0.15, 0.2) is 0 Å². The van der Waals surface area contributed by atoms with Crippen LogP contribution in [0.25, 0.3) is 0 Å². The molecule has 0 aromatic rings. The number of hydrogen-bond acceptors (Lipinski definition) is 6. The zero-order valence-electron chi connectivity index (χ0n) is 27.8. The van der Waals surface area contributed by atoms with Gasteiger partial charge >= 0.3 is 5.97 Å². The van der Waals surface area contributed by atoms with Crippen LogP contribution in [0.4, 0.5) is 0 Å². The van der Waals surface area contributed by atoms with Crippen molar-refractivity contribution in [3.05, 3.63) is 71.9 Å². The maximum Gasteiger partial charge on any atom is 0.331 e. The van der Waals surface area contributed by atoms with Crippen LogP contribution in [0.2, 0.25) is 0 Å². The normalized spacial score (nSPS) is 32.0. The number of allylic oxidation sites excluding steroid dienone is 9. The van der Waals surface area contributed by atoms with Crippen LogP contribution in [-0.4, -0.2) is 47.3 Å². The van der Waals surface area contributed by atoms with Gasteiger partial charge in [0, 0.05) is 49.6 Å². The molecule has 0 spiro atoms. The molecule has 0 saturated heterocycles. The number of carbonyl (C=O) groups is 3. The lowest BCUT2D eigenvalue weighted by molar-refractivity contribution is -0.151. The van der Waals surface area contributed by atoms with Crippen LogP contribution in [0.1, 0.15) is 80.1 Å². The van der Waals surface area contributed by atoms with Crippen LogP contribution in [0.5, 0.6) is 0 Å². The van der Waals surface area contributed by atoms with Crippen molar-refractivity contribution in [2.45, 2.75) is 104 Å². The number of rotatable bonds is 10. The summed E-state index contributed by atoms with van der Waals surface area (Å²) in [4.78, 5) is 37.0. The number of aliphatic hydroxyl groups is 1. The molecule has 2 aliphatic rings. The second-order valence-corrected chi connectivity index (χ2v) is 12.8. The molecule has 5 N–H and O–H groups in total. The number of fused-ring (bicyclic) bond motifs is 1. The molecule has 0 fully saturated rings. The van der Waals surface area contributed by atoms with Gasteiger partial charge in [0.05, 0.1) is 6.10 Å². The Morgan fingerprint density at radius 2 is 1.89 bits per heavy atom. The van der Waals surface area contributed by atoms with E-state index in [-0.39, 0.29) is 35.1 Å². The highest BCUT2D eigenvalue weighted by molar-refractivity contribution is 5.82. The van der Waals surface area contributed by atoms with Crippen molar-refractivity contribution in [1.82, 2.24) is 10.6 Å². The summed E-state index contributed by atoms with van der Waals surface area (Å²) in [7, 11) is 0. The summed E-state index contributed by atoms with van der Waals surface area (Å²) in [6.07, 6.45) is 26.6. The molecule has 45 heavy (non-hydrogen) atoms. The second-order valence-electron chi connectivity index (χ2n) is 12.8. The number of terminal acetylenes is 1. The standard InChI is InChI=1S/C37H53N3O5/c1-8-9-10-11-12-15-32(42)40-31-20-19-30-23-26(3)17-18-27(4)35(28(5)34(44)36(38)39-29(6)41)45-33(43)16-13-14-25(2)21-22-37(30,7)24-31/h1,13-14,16-23,27-28,30-31,34-36,44H,9-12,15,24,38H2,2-7H3,(H,39,41)(H,40,42)/b16-13+,18-17+,22-21+,25-14-,26-23+/t27-,28-,30-,31-,34+,35-,36+,37-/m1/s1. The molecule has 1 heterocycles. The first-order valence-electron chi connectivity index (χ1n) is 16.0. The van der Waals surface area contributed by atoms with E-state index in [9.17, 15) is 19.5 Å². The Hall–Kier alpha value is -3.67. The quantitative estimate of drug-likeness (QED) is 0.0877. The Morgan fingerprint density at radius 1 is 1.16 bits per heavy atom. The molecule has 8 atom stereocenters. The third-order valence-corrected chi connectivity index (χ3v) is 8.53. The molecule has 1 aliphatic heterocycles. The Labute approximate surface area is 270 Å². The van der Waals surface area contributed by atoms with Gasteiger partial charge in [0.25, 0.3) is 0 Å². The molecule has 8 heteroatoms. The number of ether oxygens (including phenoxy) is 1. The van der Waals surface area contributed by atoms with Crippen LogP contribution in [0, 0.1) is 35.5 Å². The lowest BCUT2D eigenvalue weighted by Crippen LogP contribution is -2.54. The molecule has 0 radical (unpaired) electrons. The van der Waals surface area contributed by atoms with Gasteiger partial charge in [-0.2, -0.15) is 0 Å². The smallest absolute Gasteiger partial charge is 0.331 e. The van der Waals surface area contributed by atoms with Gasteiger partial charge in [0.1, 0.15) is 12.3 Å². The Kier molecular flexibility index (Phi) is 15.3. The first-order chi connectivity index (χ1) is 21.2. The summed E-state index contributed by atoms with van der Waals surface area (Å²) in [5, 5.41) is 16.6. The number of nitrogens with one attached hydrogen (secondary N) is 2. The first kappa shape index (κ1) is 37.5. The minimum absolute atomic E-state index is 0.0493. The van der Waals surface area contributed by atoms with Crippen LogP contribution in [0.3, 0.4) is 0 Å². The van der Waals surface area contributed by atoms with E-state index in [0.29, 0.717) is 6.42 Å². The Morgan fingerprint density at radius 3 is 2.58 bits per heavy atom. The molecular formula is C37H53N3O5. The van der Waals surface area contributed by atoms with Gasteiger partial charge < -0.3 is 26.2 Å². The summed E-state index contributed by atoms with van der Waals surface area (Å²) in [6, 6.07) is -0.0829. The van der Waals surface area contributed by atoms with Gasteiger partial charge in [-0.05, 0) is 38.5 Å². The van der Waals surface area contributed by atoms with Gasteiger partial charge in [-0.3, -0.25) is 9.59 Å². The third-order valence-electron chi connectivity index (χ3n) is 8.53. The van der Waals surface area contributed by atoms with Crippen molar-refractivity contribution in [2.75, 3.05) is 0 Å². The van der Waals surface area contributed by atoms with Gasteiger partial charge in [0.2, 0.25) is 11.8 Å². The highest BCUT2D eigenvalue weighted by Crippen LogP contribution is 2.41. The zero-order valence-corrected chi connectivity index (χ0v) is 27.8. The molecule has 0 saturated carbocycles. The van der Waals surface area contributed by atoms with E-state index in [2.05, 4.69) is 47.8 Å². The van der Waals surface area contributed by atoms with Crippen molar-refractivity contribution in [1.29, 1.82) is 0 Å². The van der Waals surface area contributed by atoms with Crippen molar-refractivity contribution in [3.63, 3.8) is 0 Å². The summed E-state index contributed by atoms with van der Waals surface area (Å²) >= 11 is 0. The maximum absolute atomic E-state index is 12.8. The molecular weight excluding hydrogens is 566 g/mol. The molecule has 2 rings (SSSR count). The monoisotopic (exact) mass is 619 g/mol. The topological polar surface area (TPSA) is 131 Å². The number of unbranched alkanes of at least 4 members (excludes halogenated alkanes) is 3. The number of nitrogens with two attached hydrogens (primary N) is 1. The van der Waals surface area contributed by atoms with E-state index in [1.54, 1.807) is 13.0 Å². The number of carbonyl (C=O) groups excluding carboxylic acids is 3. The summed E-state index contributed by atoms with van der Waals surface area (Å²) in [6.45, 7) is 11.2. The van der Waals surface area contributed by atoms with E-state index in [1.165, 1.54) is 13.0 Å². The van der Waals surface area contributed by atoms with E-state index >= 15 is 0 Å². The van der Waals surface area contributed by atoms with E-state index in [4.69, 9.17) is 16.9 Å². The van der Waals surface area contributed by atoms with Gasteiger partial charge in [-0.1, -0.05) is 93.0 Å². The minimum Gasteiger partial charge on any atom is -0.458 e. The van der Waals surface area contributed by atoms with Gasteiger partial charge in [-0.25, -0.2) is 4.79 Å². The highest BCUT2D eigenvalue weighted by Gasteiger charge is 2.36. The minimum atomic E-state index is -1.14. The SMILES string of the molecule is C#CCCCCCC(=O)N[C@@H]1C=C[C@@H]2/C=C(C)/C=C/[C@@H](C)[C@H]([C@H](C)[C@H](O)[C@@H](N)NC(C)=O)OC(=O)/C=C/C=C(C)\C=C\[C@]2(C)C1. The predicted octanol–water partition coefficient (Wildman–Crippen LogP) is 5.18. The lowest BCUT2D eigenvalue weighted by atomic mass is 9.68. The van der Waals surface area contributed by atoms with Crippen LogP contribution < -0.4 is 16.4 Å². The van der Waals surface area contributed by atoms with Crippen molar-refractivity contribution >= 4 is 17.8 Å². The largest absolute Gasteiger partial charge is 0.458 e. The molecule has 1 aliphatic carbocycles. The molecule has 0 aromatic carbocycles. The molecule has 0 unspecified atom stereocenters. The Bertz CT molecular complexity index is 1250. The fraction of sp³-hybridized carbons (Fsp3) is 0.541. The van der Waals surface area contributed by atoms with Crippen molar-refractivity contribution < 1.29 is 24.2 Å². The van der Waals surface area contributed by atoms with Crippen LogP contribution in [-0.2, 0) is 19.1 Å². The van der Waals surface area contributed by atoms with Crippen LogP contribution >= 0.6 is 0 Å². The van der Waals surface area contributed by atoms with E-state index in [0.717, 1.165) is 43.3 Å². The molecule has 0 aromatic heterocycles. The number of cyclic esters (lactones) is 1. The third kappa shape index (κ3) is 12.7. The number of amides is 2. The fourth-order valence-electron chi connectivity index (χ4n) is 5.76. The summed E-state index contributed by atoms with van der Waals surface area (Å²) < 4.78 is 5.83. The van der Waals surface area contributed by atoms with Crippen LogP contribution in [0.15, 0.2) is 71.9 Å². The molecule has 8 nitrogen and oxygen atoms in total. The predicted molar refractivity (Wildman–Crippen MR) is 180 cm³/mol. The first-order valence-corrected chi connectivity index (χ1v) is 16.0. The van der Waals surface area contributed by atoms with Crippen molar-refractivity contribution in [2.24, 2.45) is 28.9 Å². The zero-order chi connectivity index (χ0) is 33.6. The number of hydrogen-bond donors (Lipinski definition) is 4.